The summed E-state index contributed by atoms with van der Waals surface area (Å²) in [6.07, 6.45) is -0.366. The van der Waals surface area contributed by atoms with Crippen molar-refractivity contribution in [1.29, 1.82) is 0 Å². The number of hydrogen-bond acceptors (Lipinski definition) is 6. The van der Waals surface area contributed by atoms with Crippen molar-refractivity contribution in [2.75, 3.05) is 14.2 Å². The van der Waals surface area contributed by atoms with E-state index in [1.165, 1.54) is 0 Å². The maximum atomic E-state index is 13.1. The van der Waals surface area contributed by atoms with Crippen molar-refractivity contribution < 1.29 is 23.4 Å². The molecular formula is C23H22O6. The molecule has 1 aromatic heterocycles. The van der Waals surface area contributed by atoms with Crippen LogP contribution in [0, 0.1) is 20.8 Å². The summed E-state index contributed by atoms with van der Waals surface area (Å²) in [6.45, 7) is 5.37. The normalized spacial score (nSPS) is 15.8. The molecule has 0 N–H and O–H groups in total. The highest BCUT2D eigenvalue weighted by Crippen LogP contribution is 2.45. The Balaban J connectivity index is 1.96. The average Bonchev–Trinajstić information content (AvgIpc) is 2.70. The molecular weight excluding hydrogens is 372 g/mol. The Morgan fingerprint density at radius 3 is 2.45 bits per heavy atom. The number of rotatable bonds is 3. The second-order valence-electron chi connectivity index (χ2n) is 7.25. The summed E-state index contributed by atoms with van der Waals surface area (Å²) in [5, 5.41) is 0.655. The lowest BCUT2D eigenvalue weighted by atomic mass is 9.90. The largest absolute Gasteiger partial charge is 0.497 e. The maximum Gasteiger partial charge on any atom is 0.339 e. The quantitative estimate of drug-likeness (QED) is 0.611. The van der Waals surface area contributed by atoms with Gasteiger partial charge in [0.1, 0.15) is 28.9 Å². The Morgan fingerprint density at radius 2 is 1.76 bits per heavy atom. The van der Waals surface area contributed by atoms with Crippen molar-refractivity contribution in [3.8, 4) is 17.2 Å². The molecule has 150 valence electrons. The first-order valence-electron chi connectivity index (χ1n) is 9.35. The summed E-state index contributed by atoms with van der Waals surface area (Å²) < 4.78 is 22.7. The van der Waals surface area contributed by atoms with E-state index in [-0.39, 0.29) is 17.8 Å². The first kappa shape index (κ1) is 19.1. The van der Waals surface area contributed by atoms with Gasteiger partial charge in [0.15, 0.2) is 5.78 Å². The predicted octanol–water partition coefficient (Wildman–Crippen LogP) is 4.44. The molecule has 0 bridgehead atoms. The molecule has 0 amide bonds. The molecule has 3 aromatic rings. The average molecular weight is 394 g/mol. The Labute approximate surface area is 168 Å². The molecule has 4 rings (SSSR count). The van der Waals surface area contributed by atoms with E-state index >= 15 is 0 Å². The molecule has 1 aliphatic heterocycles. The number of aryl methyl sites for hydroxylation is 2. The van der Waals surface area contributed by atoms with Crippen LogP contribution in [0.2, 0.25) is 0 Å². The summed E-state index contributed by atoms with van der Waals surface area (Å²) >= 11 is 0. The topological polar surface area (TPSA) is 75.0 Å². The molecule has 6 heteroatoms. The SMILES string of the molecule is COc1ccc(OC)c([C@H]2CC(=O)c3c(C)cc4oc(=O)c(C)c(C)c4c3O2)c1. The Bertz CT molecular complexity index is 1200. The summed E-state index contributed by atoms with van der Waals surface area (Å²) in [5.41, 5.74) is 3.27. The minimum Gasteiger partial charge on any atom is -0.497 e. The summed E-state index contributed by atoms with van der Waals surface area (Å²) in [5.74, 6) is 1.69. The van der Waals surface area contributed by atoms with Crippen LogP contribution in [0.3, 0.4) is 0 Å². The third kappa shape index (κ3) is 2.95. The molecule has 0 radical (unpaired) electrons. The number of carbonyl (C=O) groups excluding carboxylic acids is 1. The van der Waals surface area contributed by atoms with Crippen LogP contribution in [0.4, 0.5) is 0 Å². The molecule has 0 saturated carbocycles. The molecule has 0 saturated heterocycles. The van der Waals surface area contributed by atoms with E-state index in [4.69, 9.17) is 18.6 Å². The number of ketones is 1. The van der Waals surface area contributed by atoms with Crippen LogP contribution in [0.1, 0.15) is 45.1 Å². The smallest absolute Gasteiger partial charge is 0.339 e. The van der Waals surface area contributed by atoms with Gasteiger partial charge in [-0.2, -0.15) is 0 Å². The van der Waals surface area contributed by atoms with Gasteiger partial charge in [-0.3, -0.25) is 4.79 Å². The van der Waals surface area contributed by atoms with E-state index in [0.29, 0.717) is 39.3 Å². The van der Waals surface area contributed by atoms with Crippen LogP contribution < -0.4 is 19.8 Å². The molecule has 0 aliphatic carbocycles. The number of hydrogen-bond donors (Lipinski definition) is 0. The van der Waals surface area contributed by atoms with E-state index < -0.39 is 6.10 Å². The molecule has 0 unspecified atom stereocenters. The molecule has 0 fully saturated rings. The van der Waals surface area contributed by atoms with Crippen LogP contribution in [0.25, 0.3) is 11.0 Å². The summed E-state index contributed by atoms with van der Waals surface area (Å²) in [4.78, 5) is 25.2. The second kappa shape index (κ2) is 6.95. The minimum absolute atomic E-state index is 0.0243. The Kier molecular flexibility index (Phi) is 4.57. The third-order valence-corrected chi connectivity index (χ3v) is 5.58. The van der Waals surface area contributed by atoms with Crippen molar-refractivity contribution in [1.82, 2.24) is 0 Å². The lowest BCUT2D eigenvalue weighted by Crippen LogP contribution is -2.22. The van der Waals surface area contributed by atoms with Gasteiger partial charge in [-0.05, 0) is 56.2 Å². The zero-order valence-corrected chi connectivity index (χ0v) is 17.0. The van der Waals surface area contributed by atoms with Gasteiger partial charge in [-0.25, -0.2) is 4.79 Å². The molecule has 2 heterocycles. The van der Waals surface area contributed by atoms with Crippen molar-refractivity contribution >= 4 is 16.8 Å². The van der Waals surface area contributed by atoms with E-state index in [9.17, 15) is 9.59 Å². The van der Waals surface area contributed by atoms with E-state index in [0.717, 1.165) is 16.7 Å². The lowest BCUT2D eigenvalue weighted by Gasteiger charge is -2.29. The third-order valence-electron chi connectivity index (χ3n) is 5.58. The second-order valence-corrected chi connectivity index (χ2v) is 7.25. The molecule has 6 nitrogen and oxygen atoms in total. The predicted molar refractivity (Wildman–Crippen MR) is 109 cm³/mol. The number of benzene rings is 2. The fraction of sp³-hybridized carbons (Fsp3) is 0.304. The monoisotopic (exact) mass is 394 g/mol. The Morgan fingerprint density at radius 1 is 1.00 bits per heavy atom. The van der Waals surface area contributed by atoms with Gasteiger partial charge in [0.25, 0.3) is 0 Å². The lowest BCUT2D eigenvalue weighted by molar-refractivity contribution is 0.0849. The van der Waals surface area contributed by atoms with Crippen LogP contribution in [-0.4, -0.2) is 20.0 Å². The Hall–Kier alpha value is -3.28. The molecule has 1 atom stereocenters. The highest BCUT2D eigenvalue weighted by atomic mass is 16.5. The number of methoxy groups -OCH3 is 2. The van der Waals surface area contributed by atoms with E-state index in [2.05, 4.69) is 0 Å². The van der Waals surface area contributed by atoms with Gasteiger partial charge >= 0.3 is 5.63 Å². The number of carbonyl (C=O) groups is 1. The maximum absolute atomic E-state index is 13.1. The van der Waals surface area contributed by atoms with Gasteiger partial charge in [-0.1, -0.05) is 0 Å². The van der Waals surface area contributed by atoms with Gasteiger partial charge in [0.2, 0.25) is 0 Å². The van der Waals surface area contributed by atoms with Crippen molar-refractivity contribution in [2.45, 2.75) is 33.3 Å². The number of Topliss-reactive ketones (excluding diaryl/α,β-unsaturated/α-hetero) is 1. The zero-order valence-electron chi connectivity index (χ0n) is 17.0. The fourth-order valence-electron chi connectivity index (χ4n) is 3.89. The van der Waals surface area contributed by atoms with Crippen LogP contribution >= 0.6 is 0 Å². The standard InChI is InChI=1S/C23H22O6/c1-11-8-19-21(12(2)13(3)23(25)29-19)22-20(11)16(24)10-18(28-22)15-9-14(26-4)6-7-17(15)27-5/h6-9,18H,10H2,1-5H3/t18-/m1/s1. The van der Waals surface area contributed by atoms with Gasteiger partial charge in [0.05, 0.1) is 31.6 Å². The van der Waals surface area contributed by atoms with Crippen molar-refractivity contribution in [2.24, 2.45) is 0 Å². The summed E-state index contributed by atoms with van der Waals surface area (Å²) in [7, 11) is 3.16. The molecule has 0 spiro atoms. The van der Waals surface area contributed by atoms with Crippen LogP contribution in [0.15, 0.2) is 33.5 Å². The first-order chi connectivity index (χ1) is 13.8. The van der Waals surface area contributed by atoms with Crippen molar-refractivity contribution in [3.63, 3.8) is 0 Å². The molecule has 29 heavy (non-hydrogen) atoms. The van der Waals surface area contributed by atoms with Crippen LogP contribution in [-0.2, 0) is 0 Å². The van der Waals surface area contributed by atoms with Gasteiger partial charge < -0.3 is 18.6 Å². The molecule has 1 aliphatic rings. The first-order valence-corrected chi connectivity index (χ1v) is 9.35. The van der Waals surface area contributed by atoms with Gasteiger partial charge in [0, 0.05) is 11.1 Å². The fourth-order valence-corrected chi connectivity index (χ4v) is 3.89. The van der Waals surface area contributed by atoms with Gasteiger partial charge in [-0.15, -0.1) is 0 Å². The van der Waals surface area contributed by atoms with Crippen LogP contribution in [0.5, 0.6) is 17.2 Å². The van der Waals surface area contributed by atoms with Crippen molar-refractivity contribution in [3.05, 3.63) is 62.5 Å². The number of fused-ring (bicyclic) bond motifs is 3. The van der Waals surface area contributed by atoms with E-state index in [1.54, 1.807) is 39.3 Å². The van der Waals surface area contributed by atoms with E-state index in [1.807, 2.05) is 19.9 Å². The highest BCUT2D eigenvalue weighted by Gasteiger charge is 2.33. The molecule has 2 aromatic carbocycles. The highest BCUT2D eigenvalue weighted by molar-refractivity contribution is 6.07. The summed E-state index contributed by atoms with van der Waals surface area (Å²) in [6, 6.07) is 7.14. The zero-order chi connectivity index (χ0) is 20.9. The number of ether oxygens (including phenoxy) is 3. The minimum atomic E-state index is -0.545.